The van der Waals surface area contributed by atoms with Gasteiger partial charge in [0.05, 0.1) is 29.7 Å². The number of phenols is 1. The SMILES string of the molecule is COc1cc(C(=O)N/N=C(/C)Cn2nc([N+](=O)[O-])cc2C)ccc1O. The van der Waals surface area contributed by atoms with Crippen LogP contribution in [-0.2, 0) is 6.54 Å². The molecule has 2 aromatic rings. The Balaban J connectivity index is 2.05. The molecule has 1 amide bonds. The molecule has 10 heteroatoms. The summed E-state index contributed by atoms with van der Waals surface area (Å²) in [4.78, 5) is 22.2. The fourth-order valence-electron chi connectivity index (χ4n) is 2.02. The summed E-state index contributed by atoms with van der Waals surface area (Å²) in [6.07, 6.45) is 0. The molecule has 25 heavy (non-hydrogen) atoms. The van der Waals surface area contributed by atoms with Crippen LogP contribution in [0.2, 0.25) is 0 Å². The Morgan fingerprint density at radius 1 is 1.48 bits per heavy atom. The van der Waals surface area contributed by atoms with Crippen molar-refractivity contribution in [2.24, 2.45) is 5.10 Å². The molecule has 0 spiro atoms. The van der Waals surface area contributed by atoms with E-state index in [-0.39, 0.29) is 29.4 Å². The lowest BCUT2D eigenvalue weighted by molar-refractivity contribution is -0.389. The van der Waals surface area contributed by atoms with Crippen LogP contribution in [-0.4, -0.2) is 38.5 Å². The number of carbonyl (C=O) groups is 1. The third kappa shape index (κ3) is 4.31. The van der Waals surface area contributed by atoms with Crippen LogP contribution in [0, 0.1) is 17.0 Å². The lowest BCUT2D eigenvalue weighted by Crippen LogP contribution is -2.21. The van der Waals surface area contributed by atoms with Crippen molar-refractivity contribution >= 4 is 17.4 Å². The minimum atomic E-state index is -0.573. The summed E-state index contributed by atoms with van der Waals surface area (Å²) in [6, 6.07) is 5.51. The standard InChI is InChI=1S/C15H17N5O5/c1-9(8-19-10(2)6-14(18-19)20(23)24)16-17-15(22)11-4-5-12(21)13(7-11)25-3/h4-7,21H,8H2,1-3H3,(H,17,22)/b16-9-. The number of amides is 1. The summed E-state index contributed by atoms with van der Waals surface area (Å²) in [5, 5.41) is 28.0. The van der Waals surface area contributed by atoms with E-state index in [1.807, 2.05) is 0 Å². The zero-order valence-electron chi connectivity index (χ0n) is 13.9. The average molecular weight is 347 g/mol. The van der Waals surface area contributed by atoms with Crippen LogP contribution in [0.4, 0.5) is 5.82 Å². The highest BCUT2D eigenvalue weighted by Gasteiger charge is 2.16. The molecule has 0 bridgehead atoms. The maximum Gasteiger partial charge on any atom is 0.390 e. The van der Waals surface area contributed by atoms with Crippen LogP contribution < -0.4 is 10.2 Å². The van der Waals surface area contributed by atoms with Gasteiger partial charge >= 0.3 is 5.82 Å². The van der Waals surface area contributed by atoms with Crippen molar-refractivity contribution < 1.29 is 19.6 Å². The van der Waals surface area contributed by atoms with Crippen LogP contribution >= 0.6 is 0 Å². The number of carbonyl (C=O) groups excluding carboxylic acids is 1. The number of ether oxygens (including phenoxy) is 1. The van der Waals surface area contributed by atoms with Gasteiger partial charge in [0.15, 0.2) is 11.5 Å². The molecular formula is C15H17N5O5. The second-order valence-electron chi connectivity index (χ2n) is 5.23. The zero-order chi connectivity index (χ0) is 18.6. The number of nitrogens with zero attached hydrogens (tertiary/aromatic N) is 4. The number of aryl methyl sites for hydroxylation is 1. The van der Waals surface area contributed by atoms with E-state index in [2.05, 4.69) is 15.6 Å². The molecule has 0 unspecified atom stereocenters. The summed E-state index contributed by atoms with van der Waals surface area (Å²) in [6.45, 7) is 3.54. The van der Waals surface area contributed by atoms with Gasteiger partial charge in [0.2, 0.25) is 0 Å². The van der Waals surface area contributed by atoms with E-state index < -0.39 is 10.8 Å². The molecule has 132 valence electrons. The summed E-state index contributed by atoms with van der Waals surface area (Å²) >= 11 is 0. The Morgan fingerprint density at radius 2 is 2.20 bits per heavy atom. The molecule has 0 fully saturated rings. The third-order valence-corrected chi connectivity index (χ3v) is 3.32. The van der Waals surface area contributed by atoms with E-state index >= 15 is 0 Å². The monoisotopic (exact) mass is 347 g/mol. The average Bonchev–Trinajstić information content (AvgIpc) is 2.94. The molecule has 0 saturated heterocycles. The highest BCUT2D eigenvalue weighted by atomic mass is 16.6. The highest BCUT2D eigenvalue weighted by molar-refractivity contribution is 5.95. The van der Waals surface area contributed by atoms with Crippen molar-refractivity contribution in [2.45, 2.75) is 20.4 Å². The quantitative estimate of drug-likeness (QED) is 0.463. The number of aromatic nitrogens is 2. The van der Waals surface area contributed by atoms with Gasteiger partial charge in [-0.25, -0.2) is 5.43 Å². The van der Waals surface area contributed by atoms with Crippen molar-refractivity contribution in [2.75, 3.05) is 7.11 Å². The number of rotatable bonds is 6. The molecule has 0 saturated carbocycles. The maximum atomic E-state index is 12.1. The second kappa shape index (κ2) is 7.43. The summed E-state index contributed by atoms with van der Waals surface area (Å²) in [5.41, 5.74) is 3.74. The van der Waals surface area contributed by atoms with Gasteiger partial charge in [-0.2, -0.15) is 9.78 Å². The number of hydrazone groups is 1. The topological polar surface area (TPSA) is 132 Å². The van der Waals surface area contributed by atoms with Crippen LogP contribution in [0.5, 0.6) is 11.5 Å². The predicted octanol–water partition coefficient (Wildman–Crippen LogP) is 1.62. The molecule has 1 heterocycles. The van der Waals surface area contributed by atoms with E-state index in [0.29, 0.717) is 11.4 Å². The first-order chi connectivity index (χ1) is 11.8. The number of nitrogens with one attached hydrogen (secondary N) is 1. The molecule has 2 rings (SSSR count). The Hall–Kier alpha value is -3.43. The molecule has 0 aliphatic carbocycles. The second-order valence-corrected chi connectivity index (χ2v) is 5.23. The van der Waals surface area contributed by atoms with Gasteiger partial charge in [0.25, 0.3) is 5.91 Å². The lowest BCUT2D eigenvalue weighted by atomic mass is 10.2. The Labute approximate surface area is 142 Å². The fourth-order valence-corrected chi connectivity index (χ4v) is 2.02. The smallest absolute Gasteiger partial charge is 0.390 e. The Bertz CT molecular complexity index is 843. The van der Waals surface area contributed by atoms with Gasteiger partial charge in [-0.05, 0) is 37.0 Å². The van der Waals surface area contributed by atoms with E-state index in [0.717, 1.165) is 0 Å². The van der Waals surface area contributed by atoms with Crippen molar-refractivity contribution in [1.82, 2.24) is 15.2 Å². The van der Waals surface area contributed by atoms with E-state index in [9.17, 15) is 20.0 Å². The molecule has 0 aliphatic heterocycles. The first-order valence-electron chi connectivity index (χ1n) is 7.21. The number of nitro groups is 1. The van der Waals surface area contributed by atoms with Gasteiger partial charge in [0.1, 0.15) is 6.54 Å². The van der Waals surface area contributed by atoms with E-state index in [1.54, 1.807) is 13.8 Å². The van der Waals surface area contributed by atoms with Crippen LogP contribution in [0.3, 0.4) is 0 Å². The third-order valence-electron chi connectivity index (χ3n) is 3.32. The van der Waals surface area contributed by atoms with E-state index in [1.165, 1.54) is 36.1 Å². The summed E-state index contributed by atoms with van der Waals surface area (Å²) < 4.78 is 6.37. The number of hydrogen-bond donors (Lipinski definition) is 2. The minimum absolute atomic E-state index is 0.0746. The zero-order valence-corrected chi connectivity index (χ0v) is 13.9. The van der Waals surface area contributed by atoms with Crippen molar-refractivity contribution in [1.29, 1.82) is 0 Å². The normalized spacial score (nSPS) is 11.2. The van der Waals surface area contributed by atoms with Gasteiger partial charge in [-0.3, -0.25) is 4.79 Å². The number of benzene rings is 1. The molecule has 0 radical (unpaired) electrons. The molecule has 2 N–H and O–H groups in total. The predicted molar refractivity (Wildman–Crippen MR) is 88.9 cm³/mol. The van der Waals surface area contributed by atoms with Crippen molar-refractivity contribution in [3.63, 3.8) is 0 Å². The van der Waals surface area contributed by atoms with Crippen LogP contribution in [0.1, 0.15) is 23.0 Å². The van der Waals surface area contributed by atoms with Gasteiger partial charge in [-0.15, -0.1) is 0 Å². The molecule has 10 nitrogen and oxygen atoms in total. The largest absolute Gasteiger partial charge is 0.504 e. The number of hydrogen-bond acceptors (Lipinski definition) is 7. The summed E-state index contributed by atoms with van der Waals surface area (Å²) in [7, 11) is 1.38. The van der Waals surface area contributed by atoms with Gasteiger partial charge in [0, 0.05) is 5.56 Å². The minimum Gasteiger partial charge on any atom is -0.504 e. The lowest BCUT2D eigenvalue weighted by Gasteiger charge is -2.06. The highest BCUT2D eigenvalue weighted by Crippen LogP contribution is 2.26. The Kier molecular flexibility index (Phi) is 5.32. The van der Waals surface area contributed by atoms with Crippen LogP contribution in [0.25, 0.3) is 0 Å². The molecule has 1 aromatic carbocycles. The van der Waals surface area contributed by atoms with Crippen molar-refractivity contribution in [3.05, 3.63) is 45.6 Å². The molecule has 0 aliphatic rings. The van der Waals surface area contributed by atoms with Crippen molar-refractivity contribution in [3.8, 4) is 11.5 Å². The maximum absolute atomic E-state index is 12.1. The first kappa shape index (κ1) is 17.9. The van der Waals surface area contributed by atoms with Crippen LogP contribution in [0.15, 0.2) is 29.4 Å². The Morgan fingerprint density at radius 3 is 2.80 bits per heavy atom. The fraction of sp³-hybridized carbons (Fsp3) is 0.267. The first-order valence-corrected chi connectivity index (χ1v) is 7.21. The molecule has 1 aromatic heterocycles. The van der Waals surface area contributed by atoms with E-state index in [4.69, 9.17) is 4.74 Å². The molecule has 0 atom stereocenters. The number of aromatic hydroxyl groups is 1. The number of methoxy groups -OCH3 is 1. The molecular weight excluding hydrogens is 330 g/mol. The van der Waals surface area contributed by atoms with Gasteiger partial charge < -0.3 is 20.0 Å². The number of phenolic OH excluding ortho intramolecular Hbond substituents is 1. The summed E-state index contributed by atoms with van der Waals surface area (Å²) in [5.74, 6) is -0.631. The van der Waals surface area contributed by atoms with Gasteiger partial charge in [-0.1, -0.05) is 0 Å².